The van der Waals surface area contributed by atoms with Crippen molar-refractivity contribution >= 4 is 17.7 Å². The Morgan fingerprint density at radius 2 is 2.41 bits per heavy atom. The summed E-state index contributed by atoms with van der Waals surface area (Å²) in [6, 6.07) is 6.02. The van der Waals surface area contributed by atoms with Crippen molar-refractivity contribution in [2.75, 3.05) is 5.75 Å². The van der Waals surface area contributed by atoms with Gasteiger partial charge in [0.25, 0.3) is 0 Å². The predicted octanol–water partition coefficient (Wildman–Crippen LogP) is 1.77. The van der Waals surface area contributed by atoms with Gasteiger partial charge in [-0.3, -0.25) is 10.1 Å². The quantitative estimate of drug-likeness (QED) is 0.755. The van der Waals surface area contributed by atoms with Gasteiger partial charge in [0.05, 0.1) is 5.03 Å². The summed E-state index contributed by atoms with van der Waals surface area (Å²) in [5.41, 5.74) is -0.872. The van der Waals surface area contributed by atoms with E-state index in [9.17, 15) is 9.90 Å². The van der Waals surface area contributed by atoms with Gasteiger partial charge in [0, 0.05) is 18.0 Å². The normalized spacial score (nSPS) is 18.6. The van der Waals surface area contributed by atoms with Crippen molar-refractivity contribution in [1.29, 1.82) is 0 Å². The third-order valence-corrected chi connectivity index (χ3v) is 3.98. The van der Waals surface area contributed by atoms with Crippen molar-refractivity contribution < 1.29 is 9.90 Å². The van der Waals surface area contributed by atoms with Gasteiger partial charge in [-0.2, -0.15) is 0 Å². The fourth-order valence-corrected chi connectivity index (χ4v) is 2.45. The van der Waals surface area contributed by atoms with Crippen LogP contribution in [0.15, 0.2) is 29.4 Å². The van der Waals surface area contributed by atoms with Gasteiger partial charge in [0.15, 0.2) is 0 Å². The lowest BCUT2D eigenvalue weighted by Gasteiger charge is -2.25. The van der Waals surface area contributed by atoms with Crippen molar-refractivity contribution in [3.63, 3.8) is 0 Å². The molecule has 0 radical (unpaired) electrons. The minimum absolute atomic E-state index is 0.375. The SMILES string of the molecule is CC(CSc1ccccn1)(NC1CC1)C(=O)O. The fraction of sp³-hybridized carbons (Fsp3) is 0.500. The number of carbonyl (C=O) groups is 1. The molecule has 0 spiro atoms. The van der Waals surface area contributed by atoms with Crippen LogP contribution in [0.1, 0.15) is 19.8 Å². The Morgan fingerprint density at radius 3 is 2.94 bits per heavy atom. The van der Waals surface area contributed by atoms with Crippen LogP contribution in [-0.4, -0.2) is 33.4 Å². The van der Waals surface area contributed by atoms with E-state index in [1.165, 1.54) is 11.8 Å². The molecule has 1 aliphatic carbocycles. The molecular weight excluding hydrogens is 236 g/mol. The van der Waals surface area contributed by atoms with Gasteiger partial charge < -0.3 is 5.11 Å². The summed E-state index contributed by atoms with van der Waals surface area (Å²) < 4.78 is 0. The van der Waals surface area contributed by atoms with Crippen LogP contribution in [0.25, 0.3) is 0 Å². The van der Waals surface area contributed by atoms with Crippen molar-refractivity contribution in [3.8, 4) is 0 Å². The highest BCUT2D eigenvalue weighted by Gasteiger charge is 2.38. The molecule has 1 aromatic rings. The molecule has 92 valence electrons. The summed E-state index contributed by atoms with van der Waals surface area (Å²) in [4.78, 5) is 15.5. The standard InChI is InChI=1S/C12H16N2O2S/c1-12(11(15)16,14-9-5-6-9)8-17-10-4-2-3-7-13-10/h2-4,7,9,14H,5-6,8H2,1H3,(H,15,16). The molecule has 1 unspecified atom stereocenters. The summed E-state index contributed by atoms with van der Waals surface area (Å²) >= 11 is 1.47. The van der Waals surface area contributed by atoms with Gasteiger partial charge in [-0.25, -0.2) is 4.98 Å². The smallest absolute Gasteiger partial charge is 0.324 e. The van der Waals surface area contributed by atoms with Crippen LogP contribution in [0.4, 0.5) is 0 Å². The molecule has 2 rings (SSSR count). The number of nitrogens with zero attached hydrogens (tertiary/aromatic N) is 1. The zero-order valence-corrected chi connectivity index (χ0v) is 10.5. The Morgan fingerprint density at radius 1 is 1.65 bits per heavy atom. The van der Waals surface area contributed by atoms with Crippen LogP contribution in [0.2, 0.25) is 0 Å². The molecule has 1 atom stereocenters. The van der Waals surface area contributed by atoms with E-state index < -0.39 is 11.5 Å². The summed E-state index contributed by atoms with van der Waals surface area (Å²) in [5, 5.41) is 13.3. The summed E-state index contributed by atoms with van der Waals surface area (Å²) in [5.74, 6) is -0.316. The Labute approximate surface area is 105 Å². The number of hydrogen-bond donors (Lipinski definition) is 2. The molecule has 4 nitrogen and oxygen atoms in total. The summed E-state index contributed by atoms with van der Waals surface area (Å²) in [6.07, 6.45) is 3.88. The van der Waals surface area contributed by atoms with Crippen molar-refractivity contribution in [3.05, 3.63) is 24.4 Å². The molecule has 17 heavy (non-hydrogen) atoms. The van der Waals surface area contributed by atoms with Crippen LogP contribution in [0, 0.1) is 0 Å². The van der Waals surface area contributed by atoms with Crippen LogP contribution < -0.4 is 5.32 Å². The summed E-state index contributed by atoms with van der Waals surface area (Å²) in [6.45, 7) is 1.74. The molecule has 0 amide bonds. The zero-order valence-electron chi connectivity index (χ0n) is 9.72. The number of nitrogens with one attached hydrogen (secondary N) is 1. The monoisotopic (exact) mass is 252 g/mol. The predicted molar refractivity (Wildman–Crippen MR) is 67.2 cm³/mol. The first-order valence-electron chi connectivity index (χ1n) is 5.65. The van der Waals surface area contributed by atoms with Crippen LogP contribution in [-0.2, 0) is 4.79 Å². The van der Waals surface area contributed by atoms with Gasteiger partial charge in [0.2, 0.25) is 0 Å². The Kier molecular flexibility index (Phi) is 3.69. The van der Waals surface area contributed by atoms with Gasteiger partial charge in [-0.1, -0.05) is 6.07 Å². The average Bonchev–Trinajstić information content (AvgIpc) is 3.11. The summed E-state index contributed by atoms with van der Waals surface area (Å²) in [7, 11) is 0. The minimum atomic E-state index is -0.872. The van der Waals surface area contributed by atoms with Gasteiger partial charge >= 0.3 is 5.97 Å². The van der Waals surface area contributed by atoms with Crippen molar-refractivity contribution in [1.82, 2.24) is 10.3 Å². The third kappa shape index (κ3) is 3.44. The lowest BCUT2D eigenvalue weighted by molar-refractivity contribution is -0.143. The Hall–Kier alpha value is -1.07. The first-order chi connectivity index (χ1) is 8.10. The fourth-order valence-electron chi connectivity index (χ4n) is 1.49. The molecule has 1 heterocycles. The number of carboxylic acids is 1. The van der Waals surface area contributed by atoms with Crippen LogP contribution in [0.5, 0.6) is 0 Å². The topological polar surface area (TPSA) is 62.2 Å². The number of pyridine rings is 1. The van der Waals surface area contributed by atoms with Crippen molar-refractivity contribution in [2.24, 2.45) is 0 Å². The molecular formula is C12H16N2O2S. The molecule has 1 saturated carbocycles. The second kappa shape index (κ2) is 5.06. The largest absolute Gasteiger partial charge is 0.480 e. The van der Waals surface area contributed by atoms with Gasteiger partial charge in [-0.05, 0) is 31.9 Å². The maximum Gasteiger partial charge on any atom is 0.324 e. The lowest BCUT2D eigenvalue weighted by atomic mass is 10.1. The molecule has 1 aromatic heterocycles. The van der Waals surface area contributed by atoms with Gasteiger partial charge in [0.1, 0.15) is 5.54 Å². The maximum atomic E-state index is 11.3. The molecule has 1 fully saturated rings. The lowest BCUT2D eigenvalue weighted by Crippen LogP contribution is -2.52. The number of carboxylic acid groups (broad SMARTS) is 1. The number of aliphatic carboxylic acids is 1. The van der Waals surface area contributed by atoms with E-state index in [1.54, 1.807) is 13.1 Å². The first kappa shape index (κ1) is 12.4. The van der Waals surface area contributed by atoms with E-state index >= 15 is 0 Å². The van der Waals surface area contributed by atoms with E-state index in [4.69, 9.17) is 0 Å². The zero-order chi connectivity index (χ0) is 12.3. The average molecular weight is 252 g/mol. The number of aromatic nitrogens is 1. The molecule has 5 heteroatoms. The molecule has 1 aliphatic rings. The van der Waals surface area contributed by atoms with Crippen molar-refractivity contribution in [2.45, 2.75) is 36.4 Å². The van der Waals surface area contributed by atoms with E-state index in [1.807, 2.05) is 18.2 Å². The highest BCUT2D eigenvalue weighted by Crippen LogP contribution is 2.26. The van der Waals surface area contributed by atoms with E-state index in [0.29, 0.717) is 11.8 Å². The van der Waals surface area contributed by atoms with Crippen LogP contribution >= 0.6 is 11.8 Å². The highest BCUT2D eigenvalue weighted by atomic mass is 32.2. The first-order valence-corrected chi connectivity index (χ1v) is 6.64. The molecule has 0 aromatic carbocycles. The Bertz CT molecular complexity index is 395. The molecule has 2 N–H and O–H groups in total. The van der Waals surface area contributed by atoms with E-state index in [0.717, 1.165) is 17.9 Å². The van der Waals surface area contributed by atoms with E-state index in [-0.39, 0.29) is 0 Å². The third-order valence-electron chi connectivity index (χ3n) is 2.72. The van der Waals surface area contributed by atoms with E-state index in [2.05, 4.69) is 10.3 Å². The second-order valence-electron chi connectivity index (χ2n) is 4.51. The maximum absolute atomic E-state index is 11.3. The Balaban J connectivity index is 1.95. The molecule has 0 aliphatic heterocycles. The van der Waals surface area contributed by atoms with Gasteiger partial charge in [-0.15, -0.1) is 11.8 Å². The number of hydrogen-bond acceptors (Lipinski definition) is 4. The number of thioether (sulfide) groups is 1. The van der Waals surface area contributed by atoms with Crippen LogP contribution in [0.3, 0.4) is 0 Å². The molecule has 0 bridgehead atoms. The highest BCUT2D eigenvalue weighted by molar-refractivity contribution is 7.99. The molecule has 0 saturated heterocycles. The number of rotatable bonds is 6. The second-order valence-corrected chi connectivity index (χ2v) is 5.51. The minimum Gasteiger partial charge on any atom is -0.480 e.